The first-order chi connectivity index (χ1) is 21.1. The van der Waals surface area contributed by atoms with E-state index in [1.54, 1.807) is 18.9 Å². The fraction of sp³-hybridized carbons (Fsp3) is 0.543. The maximum Gasteiger partial charge on any atom is 0.329 e. The molecule has 1 aliphatic carbocycles. The van der Waals surface area contributed by atoms with Gasteiger partial charge in [0.05, 0.1) is 30.4 Å². The number of halogens is 1. The number of carbonyl (C=O) groups is 2. The first-order valence-corrected chi connectivity index (χ1v) is 16.2. The van der Waals surface area contributed by atoms with Crippen LogP contribution in [0.4, 0.5) is 5.69 Å². The van der Waals surface area contributed by atoms with E-state index in [1.807, 2.05) is 36.4 Å². The Morgan fingerprint density at radius 2 is 2.00 bits per heavy atom. The number of hydrogen-bond acceptors (Lipinski definition) is 6. The molecule has 2 aromatic rings. The summed E-state index contributed by atoms with van der Waals surface area (Å²) in [6, 6.07) is 11.9. The molecule has 3 aliphatic rings. The number of carboxylic acid groups (broad SMARTS) is 1. The minimum Gasteiger partial charge on any atom is -0.491 e. The van der Waals surface area contributed by atoms with Gasteiger partial charge in [-0.1, -0.05) is 49.2 Å². The van der Waals surface area contributed by atoms with Gasteiger partial charge in [0.1, 0.15) is 12.4 Å². The van der Waals surface area contributed by atoms with Gasteiger partial charge < -0.3 is 29.5 Å². The third-order valence-electron chi connectivity index (χ3n) is 9.50. The van der Waals surface area contributed by atoms with Crippen LogP contribution in [0, 0.1) is 11.8 Å². The standard InChI is InChI=1S/C35H45ClN2O6/c1-4-7-23-16-27(36)11-13-28(23)25-20-38-19-24-9-12-29(24)31(44-22-34(40)41)8-5-6-15-37(3)33(39)18-35(2,42)26-10-14-32(43-21-25)30(38)17-26/h5,8,10-11,13-14,16-17,24-25,29,31,42H,4,6-7,9,12,15,18-22H2,1-3H3,(H,40,41)/b8-5+/t24?,25?,29?,31?,35-/m1/s1. The molecular weight excluding hydrogens is 580 g/mol. The molecule has 9 heteroatoms. The van der Waals surface area contributed by atoms with Crippen LogP contribution in [0.2, 0.25) is 5.02 Å². The Labute approximate surface area is 265 Å². The Hall–Kier alpha value is -3.07. The molecule has 2 bridgehead atoms. The van der Waals surface area contributed by atoms with Gasteiger partial charge >= 0.3 is 5.97 Å². The molecule has 44 heavy (non-hydrogen) atoms. The summed E-state index contributed by atoms with van der Waals surface area (Å²) in [5.41, 5.74) is 2.67. The van der Waals surface area contributed by atoms with Crippen LogP contribution in [-0.2, 0) is 26.3 Å². The fourth-order valence-electron chi connectivity index (χ4n) is 6.83. The summed E-state index contributed by atoms with van der Waals surface area (Å²) >= 11 is 6.41. The summed E-state index contributed by atoms with van der Waals surface area (Å²) in [5, 5.41) is 21.7. The van der Waals surface area contributed by atoms with Crippen molar-refractivity contribution in [2.24, 2.45) is 11.8 Å². The number of aliphatic hydroxyl groups is 1. The average molecular weight is 625 g/mol. The number of ether oxygens (including phenoxy) is 2. The molecule has 2 heterocycles. The lowest BCUT2D eigenvalue weighted by Gasteiger charge is -2.44. The number of nitrogens with zero attached hydrogens (tertiary/aromatic N) is 2. The van der Waals surface area contributed by atoms with E-state index in [2.05, 4.69) is 24.0 Å². The van der Waals surface area contributed by atoms with E-state index in [4.69, 9.17) is 21.1 Å². The van der Waals surface area contributed by atoms with Crippen molar-refractivity contribution in [2.75, 3.05) is 44.8 Å². The number of benzene rings is 2. The van der Waals surface area contributed by atoms with E-state index in [0.717, 1.165) is 48.7 Å². The molecule has 2 aliphatic heterocycles. The van der Waals surface area contributed by atoms with E-state index in [1.165, 1.54) is 11.1 Å². The third kappa shape index (κ3) is 7.41. The van der Waals surface area contributed by atoms with E-state index >= 15 is 0 Å². The zero-order chi connectivity index (χ0) is 31.4. The van der Waals surface area contributed by atoms with Gasteiger partial charge in [0, 0.05) is 37.6 Å². The molecule has 1 fully saturated rings. The number of carbonyl (C=O) groups excluding carboxylic acids is 1. The van der Waals surface area contributed by atoms with Crippen molar-refractivity contribution >= 4 is 29.2 Å². The van der Waals surface area contributed by atoms with Gasteiger partial charge in [-0.3, -0.25) is 4.79 Å². The van der Waals surface area contributed by atoms with Crippen LogP contribution in [0.5, 0.6) is 5.75 Å². The molecule has 0 aromatic heterocycles. The highest BCUT2D eigenvalue weighted by molar-refractivity contribution is 6.30. The SMILES string of the molecule is CCCc1cc(Cl)ccc1C1COc2ccc3cc2N(C1)CC1CCC1C(OCC(=O)O)/C=C/CCN(C)C(=O)C[C@@]3(C)O. The van der Waals surface area contributed by atoms with Gasteiger partial charge in [-0.05, 0) is 85.4 Å². The molecule has 238 valence electrons. The molecule has 0 saturated heterocycles. The first-order valence-electron chi connectivity index (χ1n) is 15.8. The van der Waals surface area contributed by atoms with Crippen molar-refractivity contribution in [1.82, 2.24) is 4.90 Å². The second-order valence-corrected chi connectivity index (χ2v) is 13.3. The zero-order valence-electron chi connectivity index (χ0n) is 26.0. The lowest BCUT2D eigenvalue weighted by atomic mass is 9.70. The molecule has 5 rings (SSSR count). The smallest absolute Gasteiger partial charge is 0.329 e. The van der Waals surface area contributed by atoms with Crippen molar-refractivity contribution in [3.63, 3.8) is 0 Å². The summed E-state index contributed by atoms with van der Waals surface area (Å²) in [6.07, 6.45) is 8.10. The van der Waals surface area contributed by atoms with Crippen molar-refractivity contribution in [2.45, 2.75) is 70.0 Å². The predicted molar refractivity (Wildman–Crippen MR) is 172 cm³/mol. The van der Waals surface area contributed by atoms with Crippen LogP contribution in [0.3, 0.4) is 0 Å². The van der Waals surface area contributed by atoms with Crippen LogP contribution in [0.1, 0.15) is 68.6 Å². The normalized spacial score (nSPS) is 28.3. The van der Waals surface area contributed by atoms with Crippen molar-refractivity contribution in [1.29, 1.82) is 0 Å². The zero-order valence-corrected chi connectivity index (χ0v) is 26.8. The van der Waals surface area contributed by atoms with E-state index in [9.17, 15) is 19.8 Å². The summed E-state index contributed by atoms with van der Waals surface area (Å²) in [7, 11) is 1.74. The Kier molecular flexibility index (Phi) is 10.2. The number of aliphatic carboxylic acids is 1. The van der Waals surface area contributed by atoms with Gasteiger partial charge in [-0.25, -0.2) is 4.79 Å². The van der Waals surface area contributed by atoms with Gasteiger partial charge in [-0.2, -0.15) is 0 Å². The van der Waals surface area contributed by atoms with Crippen LogP contribution < -0.4 is 9.64 Å². The van der Waals surface area contributed by atoms with Crippen LogP contribution in [0.15, 0.2) is 48.6 Å². The highest BCUT2D eigenvalue weighted by atomic mass is 35.5. The van der Waals surface area contributed by atoms with Crippen LogP contribution in [-0.4, -0.2) is 73.0 Å². The number of carboxylic acids is 1. The summed E-state index contributed by atoms with van der Waals surface area (Å²) in [5.74, 6) is 0.148. The molecule has 2 N–H and O–H groups in total. The number of anilines is 1. The van der Waals surface area contributed by atoms with Crippen LogP contribution in [0.25, 0.3) is 0 Å². The van der Waals surface area contributed by atoms with E-state index < -0.39 is 11.6 Å². The first kappa shape index (κ1) is 32.3. The molecule has 1 amide bonds. The quantitative estimate of drug-likeness (QED) is 0.393. The molecule has 0 radical (unpaired) electrons. The summed E-state index contributed by atoms with van der Waals surface area (Å²) in [4.78, 5) is 28.5. The Bertz CT molecular complexity index is 1380. The van der Waals surface area contributed by atoms with Crippen molar-refractivity contribution < 1.29 is 29.3 Å². The molecule has 8 nitrogen and oxygen atoms in total. The van der Waals surface area contributed by atoms with E-state index in [-0.39, 0.29) is 42.8 Å². The maximum absolute atomic E-state index is 13.1. The maximum atomic E-state index is 13.1. The molecular formula is C35H45ClN2O6. The Morgan fingerprint density at radius 1 is 1.18 bits per heavy atom. The van der Waals surface area contributed by atoms with Crippen molar-refractivity contribution in [3.05, 3.63) is 70.3 Å². The molecule has 1 saturated carbocycles. The summed E-state index contributed by atoms with van der Waals surface area (Å²) < 4.78 is 12.4. The molecule has 0 spiro atoms. The molecule has 5 atom stereocenters. The number of hydrogen-bond donors (Lipinski definition) is 2. The molecule has 2 aromatic carbocycles. The number of fused-ring (bicyclic) bond motifs is 2. The number of amides is 1. The Balaban J connectivity index is 1.54. The topological polar surface area (TPSA) is 99.5 Å². The second kappa shape index (κ2) is 13.9. The van der Waals surface area contributed by atoms with Crippen molar-refractivity contribution in [3.8, 4) is 5.75 Å². The fourth-order valence-corrected chi connectivity index (χ4v) is 7.02. The lowest BCUT2D eigenvalue weighted by Crippen LogP contribution is -2.45. The van der Waals surface area contributed by atoms with E-state index in [0.29, 0.717) is 31.7 Å². The monoisotopic (exact) mass is 624 g/mol. The van der Waals surface area contributed by atoms with Crippen LogP contribution >= 0.6 is 11.6 Å². The van der Waals surface area contributed by atoms with Gasteiger partial charge in [0.25, 0.3) is 0 Å². The average Bonchev–Trinajstić information content (AvgIpc) is 3.14. The minimum absolute atomic E-state index is 0.0460. The highest BCUT2D eigenvalue weighted by Gasteiger charge is 2.40. The molecule has 4 unspecified atom stereocenters. The lowest BCUT2D eigenvalue weighted by molar-refractivity contribution is -0.145. The second-order valence-electron chi connectivity index (χ2n) is 12.8. The Morgan fingerprint density at radius 3 is 2.73 bits per heavy atom. The predicted octanol–water partition coefficient (Wildman–Crippen LogP) is 5.79. The number of rotatable bonds is 6. The number of aryl methyl sites for hydroxylation is 1. The highest BCUT2D eigenvalue weighted by Crippen LogP contribution is 2.44. The minimum atomic E-state index is -1.36. The summed E-state index contributed by atoms with van der Waals surface area (Å²) in [6.45, 7) is 5.95. The third-order valence-corrected chi connectivity index (χ3v) is 9.73. The van der Waals surface area contributed by atoms with Gasteiger partial charge in [0.15, 0.2) is 0 Å². The van der Waals surface area contributed by atoms with Gasteiger partial charge in [0.2, 0.25) is 5.91 Å². The largest absolute Gasteiger partial charge is 0.491 e. The van der Waals surface area contributed by atoms with Gasteiger partial charge in [-0.15, -0.1) is 0 Å².